The summed E-state index contributed by atoms with van der Waals surface area (Å²) in [6.45, 7) is 0. The van der Waals surface area contributed by atoms with Gasteiger partial charge in [-0.2, -0.15) is 0 Å². The van der Waals surface area contributed by atoms with E-state index >= 15 is 0 Å². The van der Waals surface area contributed by atoms with Crippen LogP contribution in [0.5, 0.6) is 0 Å². The van der Waals surface area contributed by atoms with Gasteiger partial charge in [0, 0.05) is 12.1 Å². The summed E-state index contributed by atoms with van der Waals surface area (Å²) in [5.74, 6) is 0.758. The van der Waals surface area contributed by atoms with Gasteiger partial charge in [-0.3, -0.25) is 24.6 Å². The Morgan fingerprint density at radius 3 is 1.96 bits per heavy atom. The third kappa shape index (κ3) is 1.53. The molecule has 2 bridgehead atoms. The maximum Gasteiger partial charge on any atom is 0.269 e. The van der Waals surface area contributed by atoms with Gasteiger partial charge in [0.05, 0.1) is 22.4 Å². The topological polar surface area (TPSA) is 80.5 Å². The van der Waals surface area contributed by atoms with E-state index in [9.17, 15) is 19.7 Å². The standard InChI is InChI=1S/C17H14N2O4/c20-16-14-10-5-6-11(13-7-12(10)13)15(14)17(21)18(16)8-1-3-9(4-2-8)19(22)23/h1-6,10-15H,7H2/t10-,11-,12-,13-,14+,15+/m0/s1. The van der Waals surface area contributed by atoms with Gasteiger partial charge in [-0.05, 0) is 42.2 Å². The summed E-state index contributed by atoms with van der Waals surface area (Å²) in [4.78, 5) is 37.2. The Labute approximate surface area is 131 Å². The molecule has 1 heterocycles. The molecular formula is C17H14N2O4. The Morgan fingerprint density at radius 1 is 0.957 bits per heavy atom. The first-order chi connectivity index (χ1) is 11.1. The molecule has 1 aliphatic heterocycles. The highest BCUT2D eigenvalue weighted by Crippen LogP contribution is 2.65. The van der Waals surface area contributed by atoms with E-state index in [1.54, 1.807) is 0 Å². The summed E-state index contributed by atoms with van der Waals surface area (Å²) in [7, 11) is 0. The minimum absolute atomic E-state index is 0.0479. The summed E-state index contributed by atoms with van der Waals surface area (Å²) in [5.41, 5.74) is 0.390. The fourth-order valence-corrected chi connectivity index (χ4v) is 4.93. The monoisotopic (exact) mass is 310 g/mol. The fraction of sp³-hybridized carbons (Fsp3) is 0.412. The number of anilines is 1. The van der Waals surface area contributed by atoms with Crippen LogP contribution in [0, 0.1) is 45.6 Å². The van der Waals surface area contributed by atoms with Crippen molar-refractivity contribution in [1.82, 2.24) is 0 Å². The largest absolute Gasteiger partial charge is 0.274 e. The normalized spacial score (nSPS) is 39.4. The van der Waals surface area contributed by atoms with Gasteiger partial charge in [0.2, 0.25) is 11.8 Å². The second-order valence-corrected chi connectivity index (χ2v) is 6.94. The first-order valence-electron chi connectivity index (χ1n) is 7.88. The van der Waals surface area contributed by atoms with Crippen molar-refractivity contribution in [1.29, 1.82) is 0 Å². The lowest BCUT2D eigenvalue weighted by molar-refractivity contribution is -0.384. The predicted octanol–water partition coefficient (Wildman–Crippen LogP) is 2.15. The molecule has 6 atom stereocenters. The van der Waals surface area contributed by atoms with Gasteiger partial charge in [0.25, 0.3) is 5.69 Å². The maximum atomic E-state index is 12.9. The molecule has 6 nitrogen and oxygen atoms in total. The summed E-state index contributed by atoms with van der Waals surface area (Å²) in [6, 6.07) is 5.65. The van der Waals surface area contributed by atoms with Crippen LogP contribution in [-0.2, 0) is 9.59 Å². The third-order valence-electron chi connectivity index (χ3n) is 5.98. The molecule has 1 saturated heterocycles. The van der Waals surface area contributed by atoms with Gasteiger partial charge in [0.15, 0.2) is 0 Å². The highest BCUT2D eigenvalue weighted by atomic mass is 16.6. The van der Waals surface area contributed by atoms with E-state index in [0.29, 0.717) is 17.5 Å². The number of carbonyl (C=O) groups excluding carboxylic acids is 2. The van der Waals surface area contributed by atoms with Gasteiger partial charge in [0.1, 0.15) is 0 Å². The number of non-ortho nitro benzene ring substituents is 1. The van der Waals surface area contributed by atoms with Crippen molar-refractivity contribution in [2.75, 3.05) is 4.90 Å². The first kappa shape index (κ1) is 13.0. The lowest BCUT2D eigenvalue weighted by atomic mass is 9.63. The van der Waals surface area contributed by atoms with Crippen LogP contribution in [0.1, 0.15) is 6.42 Å². The number of hydrogen-bond acceptors (Lipinski definition) is 4. The van der Waals surface area contributed by atoms with Crippen LogP contribution in [0.2, 0.25) is 0 Å². The molecule has 1 aromatic carbocycles. The zero-order valence-corrected chi connectivity index (χ0v) is 12.2. The number of nitrogens with zero attached hydrogens (tertiary/aromatic N) is 2. The SMILES string of the molecule is O=C1[C@@H]2[C@H]3C=C[C@@H]([C@@H]4C[C@@H]34)[C@H]2C(=O)N1c1ccc([N+](=O)[O-])cc1. The first-order valence-corrected chi connectivity index (χ1v) is 7.88. The van der Waals surface area contributed by atoms with Gasteiger partial charge in [-0.25, -0.2) is 0 Å². The van der Waals surface area contributed by atoms with E-state index in [-0.39, 0.29) is 41.2 Å². The summed E-state index contributed by atoms with van der Waals surface area (Å²) >= 11 is 0. The smallest absolute Gasteiger partial charge is 0.269 e. The lowest BCUT2D eigenvalue weighted by Gasteiger charge is -2.37. The number of allylic oxidation sites excluding steroid dienone is 2. The Hall–Kier alpha value is -2.50. The molecule has 6 rings (SSSR count). The van der Waals surface area contributed by atoms with Crippen LogP contribution in [-0.4, -0.2) is 16.7 Å². The van der Waals surface area contributed by atoms with E-state index in [4.69, 9.17) is 0 Å². The minimum Gasteiger partial charge on any atom is -0.274 e. The van der Waals surface area contributed by atoms with E-state index in [1.165, 1.54) is 29.2 Å². The molecule has 23 heavy (non-hydrogen) atoms. The molecule has 0 aromatic heterocycles. The van der Waals surface area contributed by atoms with Crippen LogP contribution >= 0.6 is 0 Å². The summed E-state index contributed by atoms with van der Waals surface area (Å²) in [6.07, 6.45) is 5.39. The number of imide groups is 1. The molecule has 1 aromatic rings. The molecule has 4 aliphatic carbocycles. The Balaban J connectivity index is 1.53. The van der Waals surface area contributed by atoms with Gasteiger partial charge >= 0.3 is 0 Å². The average Bonchev–Trinajstić information content (AvgIpc) is 3.32. The van der Waals surface area contributed by atoms with Crippen molar-refractivity contribution in [3.05, 3.63) is 46.5 Å². The Kier molecular flexibility index (Phi) is 2.30. The summed E-state index contributed by atoms with van der Waals surface area (Å²) in [5, 5.41) is 10.8. The number of nitro groups is 1. The van der Waals surface area contributed by atoms with Crippen molar-refractivity contribution in [2.24, 2.45) is 35.5 Å². The highest BCUT2D eigenvalue weighted by Gasteiger charge is 2.67. The van der Waals surface area contributed by atoms with E-state index < -0.39 is 4.92 Å². The van der Waals surface area contributed by atoms with E-state index in [2.05, 4.69) is 12.2 Å². The zero-order chi connectivity index (χ0) is 15.9. The van der Waals surface area contributed by atoms with E-state index in [1.807, 2.05) is 0 Å². The molecular weight excluding hydrogens is 296 g/mol. The van der Waals surface area contributed by atoms with Crippen molar-refractivity contribution in [2.45, 2.75) is 6.42 Å². The molecule has 0 spiro atoms. The van der Waals surface area contributed by atoms with Crippen LogP contribution < -0.4 is 4.90 Å². The molecule has 5 aliphatic rings. The number of carbonyl (C=O) groups is 2. The molecule has 3 fully saturated rings. The van der Waals surface area contributed by atoms with Gasteiger partial charge < -0.3 is 0 Å². The van der Waals surface area contributed by atoms with E-state index in [0.717, 1.165) is 6.42 Å². The number of hydrogen-bond donors (Lipinski definition) is 0. The number of amides is 2. The van der Waals surface area contributed by atoms with Crippen LogP contribution in [0.3, 0.4) is 0 Å². The Bertz CT molecular complexity index is 748. The van der Waals surface area contributed by atoms with Crippen LogP contribution in [0.25, 0.3) is 0 Å². The fourth-order valence-electron chi connectivity index (χ4n) is 4.93. The minimum atomic E-state index is -0.491. The van der Waals surface area contributed by atoms with Crippen molar-refractivity contribution >= 4 is 23.2 Å². The lowest BCUT2D eigenvalue weighted by Crippen LogP contribution is -2.40. The van der Waals surface area contributed by atoms with Crippen molar-refractivity contribution in [3.8, 4) is 0 Å². The molecule has 2 amide bonds. The molecule has 2 saturated carbocycles. The van der Waals surface area contributed by atoms with Crippen molar-refractivity contribution in [3.63, 3.8) is 0 Å². The maximum absolute atomic E-state index is 12.9. The average molecular weight is 310 g/mol. The van der Waals surface area contributed by atoms with Crippen LogP contribution in [0.4, 0.5) is 11.4 Å². The van der Waals surface area contributed by atoms with Gasteiger partial charge in [-0.15, -0.1) is 0 Å². The van der Waals surface area contributed by atoms with Gasteiger partial charge in [-0.1, -0.05) is 12.2 Å². The second kappa shape index (κ2) is 4.07. The highest BCUT2D eigenvalue weighted by molar-refractivity contribution is 6.22. The Morgan fingerprint density at radius 2 is 1.48 bits per heavy atom. The predicted molar refractivity (Wildman–Crippen MR) is 80.3 cm³/mol. The summed E-state index contributed by atoms with van der Waals surface area (Å²) < 4.78 is 0. The molecule has 0 N–H and O–H groups in total. The number of rotatable bonds is 2. The molecule has 0 unspecified atom stereocenters. The second-order valence-electron chi connectivity index (χ2n) is 6.94. The van der Waals surface area contributed by atoms with Crippen molar-refractivity contribution < 1.29 is 14.5 Å². The number of nitro benzene ring substituents is 1. The molecule has 116 valence electrons. The third-order valence-corrected chi connectivity index (χ3v) is 5.98. The molecule has 0 radical (unpaired) electrons. The quantitative estimate of drug-likeness (QED) is 0.363. The van der Waals surface area contributed by atoms with Crippen LogP contribution in [0.15, 0.2) is 36.4 Å². The number of benzene rings is 1. The molecule has 6 heteroatoms. The zero-order valence-electron chi connectivity index (χ0n) is 12.2.